The molecule has 62 heavy (non-hydrogen) atoms. The predicted molar refractivity (Wildman–Crippen MR) is 258 cm³/mol. The molecular formula is C54H89NO7. The predicted octanol–water partition coefficient (Wildman–Crippen LogP) is 12.5. The topological polar surface area (TPSA) is 102 Å². The van der Waals surface area contributed by atoms with Gasteiger partial charge in [0, 0.05) is 19.3 Å². The second-order valence-electron chi connectivity index (χ2n) is 17.0. The Labute approximate surface area is 379 Å². The lowest BCUT2D eigenvalue weighted by Crippen LogP contribution is -2.55. The number of carboxylic acids is 1. The van der Waals surface area contributed by atoms with E-state index in [0.717, 1.165) is 103 Å². The van der Waals surface area contributed by atoms with Gasteiger partial charge in [-0.25, -0.2) is 0 Å². The van der Waals surface area contributed by atoms with Gasteiger partial charge in [0.05, 0.1) is 40.3 Å². The minimum Gasteiger partial charge on any atom is -0.544 e. The van der Waals surface area contributed by atoms with Crippen molar-refractivity contribution in [2.24, 2.45) is 0 Å². The minimum absolute atomic E-state index is 0.0262. The average Bonchev–Trinajstić information content (AvgIpc) is 3.23. The number of likely N-dealkylation sites (N-methyl/N-ethyl adjacent to an activating group) is 1. The largest absolute Gasteiger partial charge is 0.544 e. The van der Waals surface area contributed by atoms with Crippen LogP contribution in [0.25, 0.3) is 0 Å². The number of nitrogens with zero attached hydrogens (tertiary/aromatic N) is 1. The lowest BCUT2D eigenvalue weighted by molar-refractivity contribution is -0.889. The van der Waals surface area contributed by atoms with Crippen LogP contribution in [0.5, 0.6) is 0 Å². The quantitative estimate of drug-likeness (QED) is 0.0198. The Morgan fingerprint density at radius 1 is 0.500 bits per heavy atom. The third-order valence-corrected chi connectivity index (χ3v) is 10.3. The summed E-state index contributed by atoms with van der Waals surface area (Å²) in [6.45, 7) is 4.38. The van der Waals surface area contributed by atoms with Crippen molar-refractivity contribution in [1.29, 1.82) is 0 Å². The second-order valence-corrected chi connectivity index (χ2v) is 17.0. The molecule has 0 N–H and O–H groups in total. The van der Waals surface area contributed by atoms with Crippen LogP contribution in [-0.4, -0.2) is 75.5 Å². The molecule has 0 fully saturated rings. The zero-order chi connectivity index (χ0) is 45.6. The number of hydrogen-bond acceptors (Lipinski definition) is 7. The Bertz CT molecular complexity index is 1330. The summed E-state index contributed by atoms with van der Waals surface area (Å²) in [4.78, 5) is 37.0. The van der Waals surface area contributed by atoms with Crippen LogP contribution in [0, 0.1) is 0 Å². The summed E-state index contributed by atoms with van der Waals surface area (Å²) in [5, 5.41) is 11.6. The highest BCUT2D eigenvalue weighted by atomic mass is 16.6. The van der Waals surface area contributed by atoms with Gasteiger partial charge in [0.1, 0.15) is 12.6 Å². The molecule has 0 rings (SSSR count). The number of ether oxygens (including phenoxy) is 3. The van der Waals surface area contributed by atoms with E-state index in [9.17, 15) is 19.5 Å². The summed E-state index contributed by atoms with van der Waals surface area (Å²) in [7, 11) is 5.39. The summed E-state index contributed by atoms with van der Waals surface area (Å²) >= 11 is 0. The number of unbranched alkanes of at least 4 members (excludes halogenated alkanes) is 14. The van der Waals surface area contributed by atoms with Crippen molar-refractivity contribution in [3.63, 3.8) is 0 Å². The highest BCUT2D eigenvalue weighted by molar-refractivity contribution is 5.70. The van der Waals surface area contributed by atoms with E-state index in [0.29, 0.717) is 12.8 Å². The summed E-state index contributed by atoms with van der Waals surface area (Å²) in [5.41, 5.74) is 0. The molecule has 0 saturated carbocycles. The number of carbonyl (C=O) groups is 3. The molecule has 0 spiro atoms. The number of hydrogen-bond donors (Lipinski definition) is 0. The van der Waals surface area contributed by atoms with E-state index in [1.807, 2.05) is 0 Å². The molecule has 0 saturated heterocycles. The first-order chi connectivity index (χ1) is 30.1. The van der Waals surface area contributed by atoms with Crippen LogP contribution in [0.2, 0.25) is 0 Å². The second kappa shape index (κ2) is 43.9. The van der Waals surface area contributed by atoms with Crippen molar-refractivity contribution in [2.45, 2.75) is 187 Å². The highest BCUT2D eigenvalue weighted by Gasteiger charge is 2.25. The fraction of sp³-hybridized carbons (Fsp3) is 0.648. The maximum absolute atomic E-state index is 12.7. The van der Waals surface area contributed by atoms with Crippen molar-refractivity contribution in [3.05, 3.63) is 97.2 Å². The lowest BCUT2D eigenvalue weighted by Gasteiger charge is -2.34. The van der Waals surface area contributed by atoms with Crippen LogP contribution in [-0.2, 0) is 28.6 Å². The fourth-order valence-electron chi connectivity index (χ4n) is 6.57. The monoisotopic (exact) mass is 864 g/mol. The van der Waals surface area contributed by atoms with Gasteiger partial charge in [-0.15, -0.1) is 0 Å². The Morgan fingerprint density at radius 3 is 1.44 bits per heavy atom. The molecule has 0 aromatic heterocycles. The standard InChI is InChI=1S/C54H89NO7/c1-6-8-10-12-14-16-18-20-22-23-24-25-26-27-28-29-31-32-34-36-38-40-42-44-52(56)61-49-50(48-60-47-46-51(54(58)59)55(3,4)5)62-53(57)45-43-41-39-37-35-33-30-21-19-17-15-13-11-9-7-2/h8-11,13-17,19-20,22,24-25,27-28,50-51H,6-7,12,18,21,23,26,29-49H2,1-5H3/b10-8+,11-9+,15-13+,16-14+,19-17+,22-20+,25-24+,28-27+. The smallest absolute Gasteiger partial charge is 0.306 e. The van der Waals surface area contributed by atoms with Crippen LogP contribution < -0.4 is 5.11 Å². The third-order valence-electron chi connectivity index (χ3n) is 10.3. The van der Waals surface area contributed by atoms with Crippen molar-refractivity contribution in [1.82, 2.24) is 0 Å². The van der Waals surface area contributed by atoms with Gasteiger partial charge in [-0.3, -0.25) is 9.59 Å². The van der Waals surface area contributed by atoms with Gasteiger partial charge in [-0.1, -0.05) is 175 Å². The van der Waals surface area contributed by atoms with Gasteiger partial charge in [-0.05, 0) is 77.0 Å². The van der Waals surface area contributed by atoms with E-state index < -0.39 is 18.1 Å². The molecule has 2 unspecified atom stereocenters. The minimum atomic E-state index is -1.13. The molecule has 0 aromatic rings. The average molecular weight is 864 g/mol. The molecule has 0 heterocycles. The molecule has 8 nitrogen and oxygen atoms in total. The Balaban J connectivity index is 4.30. The van der Waals surface area contributed by atoms with Gasteiger partial charge >= 0.3 is 11.9 Å². The first-order valence-electron chi connectivity index (χ1n) is 24.3. The SMILES string of the molecule is CC/C=C/C=C/C=C/CCCCCCCCCC(=O)OC(COCCC(C(=O)[O-])[N+](C)(C)C)COC(=O)CCCCCCCCC/C=C/C/C=C/C/C=C/C/C=C/C/C=C/CC. The number of carbonyl (C=O) groups excluding carboxylic acids is 3. The van der Waals surface area contributed by atoms with Gasteiger partial charge in [-0.2, -0.15) is 0 Å². The van der Waals surface area contributed by atoms with E-state index in [2.05, 4.69) is 111 Å². The molecule has 0 bridgehead atoms. The molecular weight excluding hydrogens is 775 g/mol. The number of allylic oxidation sites excluding steroid dienone is 16. The van der Waals surface area contributed by atoms with Gasteiger partial charge < -0.3 is 28.6 Å². The Kier molecular flexibility index (Phi) is 41.2. The number of aliphatic carboxylic acids is 1. The normalized spacial score (nSPS) is 13.8. The number of esters is 2. The summed E-state index contributed by atoms with van der Waals surface area (Å²) in [6.07, 6.45) is 58.6. The van der Waals surface area contributed by atoms with Crippen LogP contribution in [0.1, 0.15) is 174 Å². The van der Waals surface area contributed by atoms with E-state index in [1.54, 1.807) is 21.1 Å². The molecule has 8 heteroatoms. The Morgan fingerprint density at radius 2 is 0.935 bits per heavy atom. The van der Waals surface area contributed by atoms with Gasteiger partial charge in [0.2, 0.25) is 0 Å². The van der Waals surface area contributed by atoms with Gasteiger partial charge in [0.15, 0.2) is 6.10 Å². The van der Waals surface area contributed by atoms with Crippen molar-refractivity contribution in [3.8, 4) is 0 Å². The van der Waals surface area contributed by atoms with Crippen LogP contribution >= 0.6 is 0 Å². The van der Waals surface area contributed by atoms with Crippen LogP contribution in [0.15, 0.2) is 97.2 Å². The molecule has 0 aliphatic rings. The maximum Gasteiger partial charge on any atom is 0.306 e. The zero-order valence-electron chi connectivity index (χ0n) is 40.0. The Hall–Kier alpha value is -3.75. The molecule has 0 aliphatic carbocycles. The molecule has 352 valence electrons. The lowest BCUT2D eigenvalue weighted by atomic mass is 10.1. The van der Waals surface area contributed by atoms with E-state index in [4.69, 9.17) is 14.2 Å². The summed E-state index contributed by atoms with van der Waals surface area (Å²) < 4.78 is 17.2. The summed E-state index contributed by atoms with van der Waals surface area (Å²) in [6, 6.07) is -0.736. The van der Waals surface area contributed by atoms with E-state index in [-0.39, 0.29) is 42.7 Å². The van der Waals surface area contributed by atoms with Crippen LogP contribution in [0.4, 0.5) is 0 Å². The van der Waals surface area contributed by atoms with E-state index >= 15 is 0 Å². The maximum atomic E-state index is 12.7. The van der Waals surface area contributed by atoms with Crippen molar-refractivity contribution >= 4 is 17.9 Å². The number of rotatable bonds is 42. The number of carboxylic acid groups (broad SMARTS) is 1. The van der Waals surface area contributed by atoms with Gasteiger partial charge in [0.25, 0.3) is 0 Å². The van der Waals surface area contributed by atoms with Crippen molar-refractivity contribution in [2.75, 3.05) is 41.0 Å². The highest BCUT2D eigenvalue weighted by Crippen LogP contribution is 2.14. The molecule has 0 aliphatic heterocycles. The molecule has 0 aromatic carbocycles. The number of quaternary nitrogens is 1. The summed E-state index contributed by atoms with van der Waals surface area (Å²) in [5.74, 6) is -1.78. The first-order valence-corrected chi connectivity index (χ1v) is 24.3. The van der Waals surface area contributed by atoms with E-state index in [1.165, 1.54) is 38.5 Å². The third kappa shape index (κ3) is 41.6. The molecule has 2 atom stereocenters. The van der Waals surface area contributed by atoms with Crippen LogP contribution in [0.3, 0.4) is 0 Å². The molecule has 0 amide bonds. The fourth-order valence-corrected chi connectivity index (χ4v) is 6.57. The first kappa shape index (κ1) is 58.2. The zero-order valence-corrected chi connectivity index (χ0v) is 40.0. The van der Waals surface area contributed by atoms with Crippen molar-refractivity contribution < 1.29 is 38.2 Å². The molecule has 0 radical (unpaired) electrons.